The van der Waals surface area contributed by atoms with Crippen LogP contribution in [0.25, 0.3) is 0 Å². The van der Waals surface area contributed by atoms with Crippen LogP contribution in [0.2, 0.25) is 0 Å². The largest absolute Gasteiger partial charge is 0.245 e. The van der Waals surface area contributed by atoms with Gasteiger partial charge >= 0.3 is 0 Å². The van der Waals surface area contributed by atoms with Gasteiger partial charge in [0.05, 0.1) is 0 Å². The van der Waals surface area contributed by atoms with Gasteiger partial charge in [-0.2, -0.15) is 0 Å². The van der Waals surface area contributed by atoms with Gasteiger partial charge in [-0.15, -0.1) is 0 Å². The maximum atomic E-state index is 3.96. The van der Waals surface area contributed by atoms with E-state index in [1.54, 1.807) is 6.33 Å². The van der Waals surface area contributed by atoms with Crippen LogP contribution in [-0.2, 0) is 0 Å². The molecule has 2 atom stereocenters. The molecule has 0 aliphatic carbocycles. The van der Waals surface area contributed by atoms with Crippen LogP contribution in [0, 0.1) is 0 Å². The molecule has 1 heterocycles. The second-order valence-electron chi connectivity index (χ2n) is 2.64. The Bertz CT molecular complexity index is 211. The van der Waals surface area contributed by atoms with Gasteiger partial charge in [-0.25, -0.2) is 9.97 Å². The van der Waals surface area contributed by atoms with Crippen LogP contribution in [0.4, 0.5) is 0 Å². The summed E-state index contributed by atoms with van der Waals surface area (Å²) in [6.07, 6.45) is 5.26. The van der Waals surface area contributed by atoms with Crippen molar-refractivity contribution in [2.45, 2.75) is 24.6 Å². The maximum absolute atomic E-state index is 3.96. The Balaban J connectivity index is 2.77. The van der Waals surface area contributed by atoms with Crippen LogP contribution >= 0.6 is 15.9 Å². The summed E-state index contributed by atoms with van der Waals surface area (Å²) in [5, 5.41) is 0. The van der Waals surface area contributed by atoms with Gasteiger partial charge in [-0.05, 0) is 11.5 Å². The first-order chi connectivity index (χ1) is 5.22. The van der Waals surface area contributed by atoms with E-state index in [1.807, 2.05) is 12.4 Å². The molecule has 0 fully saturated rings. The van der Waals surface area contributed by atoms with Crippen molar-refractivity contribution in [2.75, 3.05) is 0 Å². The quantitative estimate of drug-likeness (QED) is 0.707. The fourth-order valence-corrected chi connectivity index (χ4v) is 1.12. The first kappa shape index (κ1) is 8.65. The van der Waals surface area contributed by atoms with Gasteiger partial charge in [-0.3, -0.25) is 0 Å². The van der Waals surface area contributed by atoms with Gasteiger partial charge < -0.3 is 0 Å². The van der Waals surface area contributed by atoms with Gasteiger partial charge in [0.25, 0.3) is 0 Å². The average molecular weight is 215 g/mol. The van der Waals surface area contributed by atoms with Gasteiger partial charge in [0.15, 0.2) is 0 Å². The fourth-order valence-electron chi connectivity index (χ4n) is 0.811. The lowest BCUT2D eigenvalue weighted by Gasteiger charge is -2.12. The van der Waals surface area contributed by atoms with Crippen LogP contribution in [0.15, 0.2) is 18.7 Å². The summed E-state index contributed by atoms with van der Waals surface area (Å²) in [5.41, 5.74) is 1.18. The number of halogens is 1. The van der Waals surface area contributed by atoms with E-state index in [9.17, 15) is 0 Å². The Kier molecular flexibility index (Phi) is 3.00. The molecule has 60 valence electrons. The molecular formula is C8H11BrN2. The molecular weight excluding hydrogens is 204 g/mol. The van der Waals surface area contributed by atoms with Crippen molar-refractivity contribution in [3.05, 3.63) is 24.3 Å². The third kappa shape index (κ3) is 2.26. The molecule has 2 nitrogen and oxygen atoms in total. The summed E-state index contributed by atoms with van der Waals surface area (Å²) in [4.78, 5) is 8.38. The number of alkyl halides is 1. The summed E-state index contributed by atoms with van der Waals surface area (Å²) in [6, 6.07) is 0. The minimum absolute atomic E-state index is 0.466. The van der Waals surface area contributed by atoms with E-state index in [0.29, 0.717) is 10.7 Å². The molecule has 0 spiro atoms. The van der Waals surface area contributed by atoms with Crippen molar-refractivity contribution in [1.29, 1.82) is 0 Å². The zero-order valence-electron chi connectivity index (χ0n) is 6.66. The van der Waals surface area contributed by atoms with Crippen molar-refractivity contribution in [3.8, 4) is 0 Å². The lowest BCUT2D eigenvalue weighted by molar-refractivity contribution is 0.750. The van der Waals surface area contributed by atoms with E-state index >= 15 is 0 Å². The molecule has 0 amide bonds. The lowest BCUT2D eigenvalue weighted by atomic mass is 10.0. The van der Waals surface area contributed by atoms with E-state index in [2.05, 4.69) is 39.7 Å². The minimum Gasteiger partial charge on any atom is -0.245 e. The minimum atomic E-state index is 0.466. The van der Waals surface area contributed by atoms with E-state index in [0.717, 1.165) is 0 Å². The molecule has 0 saturated heterocycles. The zero-order chi connectivity index (χ0) is 8.27. The summed E-state index contributed by atoms with van der Waals surface area (Å²) >= 11 is 3.52. The summed E-state index contributed by atoms with van der Waals surface area (Å²) < 4.78 is 0. The second kappa shape index (κ2) is 3.81. The van der Waals surface area contributed by atoms with Gasteiger partial charge in [0.2, 0.25) is 0 Å². The molecule has 0 saturated carbocycles. The fraction of sp³-hybridized carbons (Fsp3) is 0.500. The predicted molar refractivity (Wildman–Crippen MR) is 48.8 cm³/mol. The van der Waals surface area contributed by atoms with Crippen molar-refractivity contribution < 1.29 is 0 Å². The molecule has 0 radical (unpaired) electrons. The zero-order valence-corrected chi connectivity index (χ0v) is 8.25. The van der Waals surface area contributed by atoms with Crippen LogP contribution < -0.4 is 0 Å². The van der Waals surface area contributed by atoms with E-state index in [-0.39, 0.29) is 0 Å². The highest BCUT2D eigenvalue weighted by atomic mass is 79.9. The molecule has 0 bridgehead atoms. The molecule has 0 aromatic carbocycles. The van der Waals surface area contributed by atoms with Crippen LogP contribution in [0.5, 0.6) is 0 Å². The second-order valence-corrected chi connectivity index (χ2v) is 4.08. The van der Waals surface area contributed by atoms with Crippen molar-refractivity contribution >= 4 is 15.9 Å². The van der Waals surface area contributed by atoms with Crippen LogP contribution in [-0.4, -0.2) is 14.8 Å². The maximum Gasteiger partial charge on any atom is 0.115 e. The molecule has 3 heteroatoms. The Morgan fingerprint density at radius 3 is 2.27 bits per heavy atom. The molecule has 0 aliphatic heterocycles. The summed E-state index contributed by atoms with van der Waals surface area (Å²) in [5.74, 6) is 0.469. The Hall–Kier alpha value is -0.440. The lowest BCUT2D eigenvalue weighted by Crippen LogP contribution is -2.04. The number of aromatic nitrogens is 2. The third-order valence-electron chi connectivity index (χ3n) is 1.80. The van der Waals surface area contributed by atoms with Gasteiger partial charge in [0.1, 0.15) is 6.33 Å². The van der Waals surface area contributed by atoms with Gasteiger partial charge in [0, 0.05) is 17.2 Å². The SMILES string of the molecule is CC(Br)C(C)c1cncnc1. The van der Waals surface area contributed by atoms with E-state index in [4.69, 9.17) is 0 Å². The molecule has 0 aliphatic rings. The smallest absolute Gasteiger partial charge is 0.115 e. The highest BCUT2D eigenvalue weighted by molar-refractivity contribution is 9.09. The number of nitrogens with zero attached hydrogens (tertiary/aromatic N) is 2. The van der Waals surface area contributed by atoms with Crippen LogP contribution in [0.3, 0.4) is 0 Å². The number of hydrogen-bond acceptors (Lipinski definition) is 2. The highest BCUT2D eigenvalue weighted by Gasteiger charge is 2.10. The van der Waals surface area contributed by atoms with Crippen molar-refractivity contribution in [2.24, 2.45) is 0 Å². The molecule has 1 aromatic heterocycles. The van der Waals surface area contributed by atoms with E-state index < -0.39 is 0 Å². The highest BCUT2D eigenvalue weighted by Crippen LogP contribution is 2.22. The number of rotatable bonds is 2. The predicted octanol–water partition coefficient (Wildman–Crippen LogP) is 2.36. The normalized spacial score (nSPS) is 15.9. The molecule has 2 unspecified atom stereocenters. The Labute approximate surface area is 75.2 Å². The van der Waals surface area contributed by atoms with Crippen molar-refractivity contribution in [3.63, 3.8) is 0 Å². The van der Waals surface area contributed by atoms with Crippen molar-refractivity contribution in [1.82, 2.24) is 9.97 Å². The average Bonchev–Trinajstić information content (AvgIpc) is 2.05. The summed E-state index contributed by atoms with van der Waals surface area (Å²) in [7, 11) is 0. The Morgan fingerprint density at radius 2 is 1.82 bits per heavy atom. The first-order valence-corrected chi connectivity index (χ1v) is 4.52. The first-order valence-electron chi connectivity index (χ1n) is 3.61. The Morgan fingerprint density at radius 1 is 1.27 bits per heavy atom. The molecule has 1 rings (SSSR count). The van der Waals surface area contributed by atoms with E-state index in [1.165, 1.54) is 5.56 Å². The van der Waals surface area contributed by atoms with Gasteiger partial charge in [-0.1, -0.05) is 29.8 Å². The third-order valence-corrected chi connectivity index (χ3v) is 2.59. The van der Waals surface area contributed by atoms with Crippen LogP contribution in [0.1, 0.15) is 25.3 Å². The topological polar surface area (TPSA) is 25.8 Å². The summed E-state index contributed by atoms with van der Waals surface area (Å²) in [6.45, 7) is 4.27. The monoisotopic (exact) mass is 214 g/mol. The molecule has 11 heavy (non-hydrogen) atoms. The molecule has 1 aromatic rings. The number of hydrogen-bond donors (Lipinski definition) is 0. The standard InChI is InChI=1S/C8H11BrN2/c1-6(7(2)9)8-3-10-5-11-4-8/h3-7H,1-2H3. The molecule has 0 N–H and O–H groups in total.